The molecule has 1 heterocycles. The van der Waals surface area contributed by atoms with Crippen molar-refractivity contribution in [3.8, 4) is 11.5 Å². The number of nitro benzene ring substituents is 1. The summed E-state index contributed by atoms with van der Waals surface area (Å²) in [6.45, 7) is 1.65. The van der Waals surface area contributed by atoms with E-state index < -0.39 is 46.0 Å². The molecule has 13 heteroatoms. The van der Waals surface area contributed by atoms with E-state index in [-0.39, 0.29) is 35.3 Å². The third-order valence-electron chi connectivity index (χ3n) is 4.26. The lowest BCUT2D eigenvalue weighted by molar-refractivity contribution is -0.385. The average Bonchev–Trinajstić information content (AvgIpc) is 2.72. The first kappa shape index (κ1) is 23.1. The minimum atomic E-state index is -4.98. The Labute approximate surface area is 183 Å². The zero-order valence-electron chi connectivity index (χ0n) is 16.2. The number of alkyl halides is 3. The lowest BCUT2D eigenvalue weighted by Crippen LogP contribution is -2.31. The van der Waals surface area contributed by atoms with Crippen LogP contribution in [0.15, 0.2) is 30.3 Å². The molecule has 32 heavy (non-hydrogen) atoms. The number of nitrogens with zero attached hydrogens (tertiary/aromatic N) is 1. The van der Waals surface area contributed by atoms with Crippen molar-refractivity contribution in [1.82, 2.24) is 0 Å². The summed E-state index contributed by atoms with van der Waals surface area (Å²) in [4.78, 5) is 34.5. The second-order valence-electron chi connectivity index (χ2n) is 6.50. The Balaban J connectivity index is 1.75. The maximum Gasteiger partial charge on any atom is 0.418 e. The molecule has 9 nitrogen and oxygen atoms in total. The summed E-state index contributed by atoms with van der Waals surface area (Å²) in [6, 6.07) is 4.38. The third kappa shape index (κ3) is 5.02. The van der Waals surface area contributed by atoms with Gasteiger partial charge in [-0.3, -0.25) is 14.9 Å². The van der Waals surface area contributed by atoms with Gasteiger partial charge in [0.2, 0.25) is 0 Å². The van der Waals surface area contributed by atoms with Crippen LogP contribution in [0.3, 0.4) is 0 Å². The first-order chi connectivity index (χ1) is 15.0. The smallest absolute Gasteiger partial charge is 0.418 e. The number of fused-ring (bicyclic) bond motifs is 1. The molecule has 1 aliphatic heterocycles. The Morgan fingerprint density at radius 1 is 1.22 bits per heavy atom. The number of hydrogen-bond acceptors (Lipinski definition) is 7. The number of amides is 1. The summed E-state index contributed by atoms with van der Waals surface area (Å²) in [7, 11) is 0. The fraction of sp³-hybridized carbons (Fsp3) is 0.263. The van der Waals surface area contributed by atoms with Crippen LogP contribution < -0.4 is 14.8 Å². The molecule has 0 bridgehead atoms. The standard InChI is InChI=1S/C19H14ClF3N2O7/c1-9(32-18(27)10-6-13(20)16-15(7-10)30-4-5-31-16)17(26)24-14-3-2-11(25(28)29)8-12(14)19(21,22)23/h2-3,6-9H,4-5H2,1H3,(H,24,26). The number of carbonyl (C=O) groups is 2. The molecule has 1 unspecified atom stereocenters. The molecule has 1 amide bonds. The molecule has 2 aromatic carbocycles. The summed E-state index contributed by atoms with van der Waals surface area (Å²) in [5, 5.41) is 12.8. The SMILES string of the molecule is CC(OC(=O)c1cc(Cl)c2c(c1)OCCO2)C(=O)Nc1ccc([N+](=O)[O-])cc1C(F)(F)F. The summed E-state index contributed by atoms with van der Waals surface area (Å²) in [5.74, 6) is -1.61. The number of halogens is 4. The normalized spacial score (nSPS) is 13.8. The molecular weight excluding hydrogens is 461 g/mol. The van der Waals surface area contributed by atoms with Gasteiger partial charge < -0.3 is 19.5 Å². The maximum absolute atomic E-state index is 13.3. The molecule has 0 aliphatic carbocycles. The van der Waals surface area contributed by atoms with Crippen LogP contribution in [-0.2, 0) is 15.7 Å². The highest BCUT2D eigenvalue weighted by Gasteiger charge is 2.36. The highest BCUT2D eigenvalue weighted by molar-refractivity contribution is 6.32. The highest BCUT2D eigenvalue weighted by atomic mass is 35.5. The molecule has 0 spiro atoms. The third-order valence-corrected chi connectivity index (χ3v) is 4.54. The molecule has 0 radical (unpaired) electrons. The molecule has 0 saturated heterocycles. The number of ether oxygens (including phenoxy) is 3. The van der Waals surface area contributed by atoms with Crippen molar-refractivity contribution in [2.24, 2.45) is 0 Å². The molecule has 0 fully saturated rings. The van der Waals surface area contributed by atoms with Crippen LogP contribution in [0.2, 0.25) is 5.02 Å². The lowest BCUT2D eigenvalue weighted by Gasteiger charge is -2.20. The van der Waals surface area contributed by atoms with Gasteiger partial charge in [-0.05, 0) is 25.1 Å². The van der Waals surface area contributed by atoms with E-state index in [0.29, 0.717) is 6.07 Å². The zero-order chi connectivity index (χ0) is 23.6. The van der Waals surface area contributed by atoms with Crippen LogP contribution in [0.5, 0.6) is 11.5 Å². The van der Waals surface area contributed by atoms with Gasteiger partial charge in [-0.25, -0.2) is 4.79 Å². The van der Waals surface area contributed by atoms with E-state index in [9.17, 15) is 32.9 Å². The minimum Gasteiger partial charge on any atom is -0.486 e. The second-order valence-corrected chi connectivity index (χ2v) is 6.91. The van der Waals surface area contributed by atoms with E-state index in [1.165, 1.54) is 12.1 Å². The van der Waals surface area contributed by atoms with Crippen molar-refractivity contribution in [1.29, 1.82) is 0 Å². The van der Waals surface area contributed by atoms with E-state index in [1.54, 1.807) is 0 Å². The van der Waals surface area contributed by atoms with Gasteiger partial charge in [-0.1, -0.05) is 11.6 Å². The lowest BCUT2D eigenvalue weighted by atomic mass is 10.1. The summed E-state index contributed by atoms with van der Waals surface area (Å²) >= 11 is 6.05. The molecule has 3 rings (SSSR count). The Kier molecular flexibility index (Phi) is 6.44. The van der Waals surface area contributed by atoms with E-state index in [1.807, 2.05) is 5.32 Å². The number of esters is 1. The summed E-state index contributed by atoms with van der Waals surface area (Å²) < 4.78 is 55.5. The van der Waals surface area contributed by atoms with Crippen LogP contribution in [0.25, 0.3) is 0 Å². The van der Waals surface area contributed by atoms with Crippen molar-refractivity contribution >= 4 is 34.9 Å². The number of rotatable bonds is 5. The largest absolute Gasteiger partial charge is 0.486 e. The van der Waals surface area contributed by atoms with Crippen molar-refractivity contribution in [3.05, 3.63) is 56.6 Å². The fourth-order valence-corrected chi connectivity index (χ4v) is 3.00. The zero-order valence-corrected chi connectivity index (χ0v) is 17.0. The molecule has 1 aliphatic rings. The van der Waals surface area contributed by atoms with Crippen molar-refractivity contribution < 1.29 is 41.9 Å². The minimum absolute atomic E-state index is 0.0646. The Morgan fingerprint density at radius 2 is 1.91 bits per heavy atom. The van der Waals surface area contributed by atoms with Crippen molar-refractivity contribution in [3.63, 3.8) is 0 Å². The monoisotopic (exact) mass is 474 g/mol. The number of non-ortho nitro benzene ring substituents is 1. The average molecular weight is 475 g/mol. The summed E-state index contributed by atoms with van der Waals surface area (Å²) in [6.07, 6.45) is -6.48. The second kappa shape index (κ2) is 8.91. The van der Waals surface area contributed by atoms with Gasteiger partial charge >= 0.3 is 12.1 Å². The predicted molar refractivity (Wildman–Crippen MR) is 104 cm³/mol. The highest BCUT2D eigenvalue weighted by Crippen LogP contribution is 2.39. The quantitative estimate of drug-likeness (QED) is 0.391. The van der Waals surface area contributed by atoms with Crippen molar-refractivity contribution in [2.75, 3.05) is 18.5 Å². The van der Waals surface area contributed by atoms with Gasteiger partial charge in [0.15, 0.2) is 17.6 Å². The maximum atomic E-state index is 13.3. The number of nitro groups is 1. The molecular formula is C19H14ClF3N2O7. The molecule has 1 atom stereocenters. The topological polar surface area (TPSA) is 117 Å². The first-order valence-corrected chi connectivity index (χ1v) is 9.32. The molecule has 170 valence electrons. The van der Waals surface area contributed by atoms with Crippen LogP contribution in [0, 0.1) is 10.1 Å². The molecule has 0 aromatic heterocycles. The molecule has 2 aromatic rings. The Bertz CT molecular complexity index is 1090. The van der Waals surface area contributed by atoms with Gasteiger partial charge in [0.1, 0.15) is 13.2 Å². The van der Waals surface area contributed by atoms with Crippen LogP contribution in [-0.4, -0.2) is 36.1 Å². The van der Waals surface area contributed by atoms with Crippen LogP contribution >= 0.6 is 11.6 Å². The number of anilines is 1. The molecule has 0 saturated carbocycles. The number of hydrogen-bond donors (Lipinski definition) is 1. The van der Waals surface area contributed by atoms with Gasteiger partial charge in [0.25, 0.3) is 11.6 Å². The number of carbonyl (C=O) groups excluding carboxylic acids is 2. The Morgan fingerprint density at radius 3 is 2.56 bits per heavy atom. The van der Waals surface area contributed by atoms with E-state index in [2.05, 4.69) is 0 Å². The first-order valence-electron chi connectivity index (χ1n) is 8.94. The van der Waals surface area contributed by atoms with Crippen LogP contribution in [0.4, 0.5) is 24.5 Å². The fourth-order valence-electron chi connectivity index (χ4n) is 2.73. The van der Waals surface area contributed by atoms with Gasteiger partial charge in [-0.15, -0.1) is 0 Å². The van der Waals surface area contributed by atoms with Crippen LogP contribution in [0.1, 0.15) is 22.8 Å². The van der Waals surface area contributed by atoms with E-state index in [4.69, 9.17) is 25.8 Å². The summed E-state index contributed by atoms with van der Waals surface area (Å²) in [5.41, 5.74) is -3.01. The van der Waals surface area contributed by atoms with Gasteiger partial charge in [-0.2, -0.15) is 13.2 Å². The van der Waals surface area contributed by atoms with E-state index >= 15 is 0 Å². The number of nitrogens with one attached hydrogen (secondary N) is 1. The van der Waals surface area contributed by atoms with E-state index in [0.717, 1.165) is 19.1 Å². The Hall–Kier alpha value is -3.54. The van der Waals surface area contributed by atoms with Crippen molar-refractivity contribution in [2.45, 2.75) is 19.2 Å². The number of benzene rings is 2. The van der Waals surface area contributed by atoms with Gasteiger partial charge in [0, 0.05) is 12.1 Å². The predicted octanol–water partition coefficient (Wildman–Crippen LogP) is 4.22. The van der Waals surface area contributed by atoms with Gasteiger partial charge in [0.05, 0.1) is 26.8 Å². The molecule has 1 N–H and O–H groups in total.